The summed E-state index contributed by atoms with van der Waals surface area (Å²) in [6.07, 6.45) is 3.40. The van der Waals surface area contributed by atoms with Gasteiger partial charge in [-0.3, -0.25) is 4.79 Å². The number of hydrogen-bond donors (Lipinski definition) is 1. The smallest absolute Gasteiger partial charge is 0.354 e. The number of carbonyl (C=O) groups excluding carboxylic acids is 1. The van der Waals surface area contributed by atoms with Crippen molar-refractivity contribution >= 4 is 11.9 Å². The van der Waals surface area contributed by atoms with Gasteiger partial charge in [0.2, 0.25) is 0 Å². The van der Waals surface area contributed by atoms with Gasteiger partial charge in [-0.25, -0.2) is 9.78 Å². The van der Waals surface area contributed by atoms with Crippen LogP contribution in [0.2, 0.25) is 0 Å². The lowest BCUT2D eigenvalue weighted by molar-refractivity contribution is 0.0679. The van der Waals surface area contributed by atoms with Crippen LogP contribution in [0.25, 0.3) is 0 Å². The van der Waals surface area contributed by atoms with Crippen molar-refractivity contribution in [1.29, 1.82) is 0 Å². The molecule has 1 aromatic rings. The highest BCUT2D eigenvalue weighted by Gasteiger charge is 2.31. The zero-order valence-corrected chi connectivity index (χ0v) is 11.2. The molecule has 1 atom stereocenters. The van der Waals surface area contributed by atoms with E-state index < -0.39 is 5.97 Å². The maximum Gasteiger partial charge on any atom is 0.354 e. The molecule has 0 spiro atoms. The molecule has 1 unspecified atom stereocenters. The average Bonchev–Trinajstić information content (AvgIpc) is 2.87. The van der Waals surface area contributed by atoms with E-state index >= 15 is 0 Å². The zero-order valence-electron chi connectivity index (χ0n) is 11.2. The predicted octanol–water partition coefficient (Wildman–Crippen LogP) is 2.04. The molecule has 1 aromatic heterocycles. The molecule has 2 rings (SSSR count). The molecule has 5 heteroatoms. The summed E-state index contributed by atoms with van der Waals surface area (Å²) in [6, 6.07) is 3.18. The van der Waals surface area contributed by atoms with Crippen LogP contribution in [0.4, 0.5) is 0 Å². The molecule has 1 saturated heterocycles. The molecule has 1 aliphatic heterocycles. The van der Waals surface area contributed by atoms with Crippen LogP contribution in [0.1, 0.15) is 47.5 Å². The van der Waals surface area contributed by atoms with Crippen LogP contribution in [0.5, 0.6) is 0 Å². The van der Waals surface area contributed by atoms with Crippen LogP contribution in [-0.2, 0) is 0 Å². The van der Waals surface area contributed by atoms with E-state index in [1.165, 1.54) is 18.3 Å². The molecular formula is C14H18N2O3. The van der Waals surface area contributed by atoms with Crippen molar-refractivity contribution in [3.63, 3.8) is 0 Å². The Kier molecular flexibility index (Phi) is 3.83. The Hall–Kier alpha value is -1.91. The molecular weight excluding hydrogens is 244 g/mol. The van der Waals surface area contributed by atoms with Gasteiger partial charge in [0.25, 0.3) is 5.91 Å². The third kappa shape index (κ3) is 2.75. The predicted molar refractivity (Wildman–Crippen MR) is 70.1 cm³/mol. The fourth-order valence-corrected chi connectivity index (χ4v) is 2.55. The molecule has 0 saturated carbocycles. The minimum Gasteiger partial charge on any atom is -0.477 e. The number of carbonyl (C=O) groups is 2. The molecule has 102 valence electrons. The van der Waals surface area contributed by atoms with E-state index in [2.05, 4.69) is 18.8 Å². The van der Waals surface area contributed by atoms with Crippen LogP contribution in [0.15, 0.2) is 18.3 Å². The molecule has 0 aromatic carbocycles. The molecule has 19 heavy (non-hydrogen) atoms. The second kappa shape index (κ2) is 5.38. The first-order valence-corrected chi connectivity index (χ1v) is 6.51. The van der Waals surface area contributed by atoms with Crippen LogP contribution in [0, 0.1) is 5.92 Å². The lowest BCUT2D eigenvalue weighted by atomic mass is 10.0. The monoisotopic (exact) mass is 262 g/mol. The van der Waals surface area contributed by atoms with Gasteiger partial charge in [-0.1, -0.05) is 13.8 Å². The van der Waals surface area contributed by atoms with E-state index in [0.717, 1.165) is 19.4 Å². The van der Waals surface area contributed by atoms with Crippen molar-refractivity contribution in [3.05, 3.63) is 29.6 Å². The maximum atomic E-state index is 12.4. The number of likely N-dealkylation sites (tertiary alicyclic amines) is 1. The second-order valence-corrected chi connectivity index (χ2v) is 5.19. The Morgan fingerprint density at radius 2 is 2.16 bits per heavy atom. The van der Waals surface area contributed by atoms with Gasteiger partial charge in [0, 0.05) is 18.8 Å². The number of carboxylic acid groups (broad SMARTS) is 1. The Morgan fingerprint density at radius 1 is 1.42 bits per heavy atom. The van der Waals surface area contributed by atoms with E-state index in [4.69, 9.17) is 5.11 Å². The first-order valence-electron chi connectivity index (χ1n) is 6.51. The SMILES string of the molecule is CC(C)C1CCCN1C(=O)c1ccc(C(=O)O)nc1. The zero-order chi connectivity index (χ0) is 14.0. The van der Waals surface area contributed by atoms with E-state index in [-0.39, 0.29) is 17.6 Å². The van der Waals surface area contributed by atoms with Gasteiger partial charge in [-0.2, -0.15) is 0 Å². The normalized spacial score (nSPS) is 18.9. The first-order chi connectivity index (χ1) is 9.00. The standard InChI is InChI=1S/C14H18N2O3/c1-9(2)12-4-3-7-16(12)13(17)10-5-6-11(14(18)19)15-8-10/h5-6,8-9,12H,3-4,7H2,1-2H3,(H,18,19). The first kappa shape index (κ1) is 13.5. The second-order valence-electron chi connectivity index (χ2n) is 5.19. The molecule has 0 radical (unpaired) electrons. The fourth-order valence-electron chi connectivity index (χ4n) is 2.55. The average molecular weight is 262 g/mol. The summed E-state index contributed by atoms with van der Waals surface area (Å²) < 4.78 is 0. The molecule has 1 amide bonds. The number of amides is 1. The van der Waals surface area contributed by atoms with Gasteiger partial charge in [0.1, 0.15) is 5.69 Å². The maximum absolute atomic E-state index is 12.4. The number of rotatable bonds is 3. The van der Waals surface area contributed by atoms with Crippen molar-refractivity contribution in [2.24, 2.45) is 5.92 Å². The third-order valence-corrected chi connectivity index (χ3v) is 3.56. The molecule has 1 fully saturated rings. The van der Waals surface area contributed by atoms with Crippen LogP contribution in [0.3, 0.4) is 0 Å². The summed E-state index contributed by atoms with van der Waals surface area (Å²) in [5, 5.41) is 8.78. The van der Waals surface area contributed by atoms with Crippen molar-refractivity contribution in [3.8, 4) is 0 Å². The summed E-state index contributed by atoms with van der Waals surface area (Å²) in [5.74, 6) is -0.710. The number of aromatic carboxylic acids is 1. The molecule has 0 bridgehead atoms. The third-order valence-electron chi connectivity index (χ3n) is 3.56. The Morgan fingerprint density at radius 3 is 2.68 bits per heavy atom. The largest absolute Gasteiger partial charge is 0.477 e. The lowest BCUT2D eigenvalue weighted by Crippen LogP contribution is -2.38. The van der Waals surface area contributed by atoms with Gasteiger partial charge >= 0.3 is 5.97 Å². The van der Waals surface area contributed by atoms with Crippen LogP contribution < -0.4 is 0 Å². The van der Waals surface area contributed by atoms with E-state index in [9.17, 15) is 9.59 Å². The Bertz CT molecular complexity index is 482. The fraction of sp³-hybridized carbons (Fsp3) is 0.500. The minimum absolute atomic E-state index is 0.0432. The Labute approximate surface area is 112 Å². The van der Waals surface area contributed by atoms with E-state index in [1.807, 2.05) is 4.90 Å². The van der Waals surface area contributed by atoms with Gasteiger partial charge in [-0.15, -0.1) is 0 Å². The van der Waals surface area contributed by atoms with Crippen molar-refractivity contribution in [1.82, 2.24) is 9.88 Å². The topological polar surface area (TPSA) is 70.5 Å². The molecule has 0 aliphatic carbocycles. The summed E-state index contributed by atoms with van der Waals surface area (Å²) in [7, 11) is 0. The molecule has 5 nitrogen and oxygen atoms in total. The van der Waals surface area contributed by atoms with Crippen LogP contribution >= 0.6 is 0 Å². The highest BCUT2D eigenvalue weighted by atomic mass is 16.4. The van der Waals surface area contributed by atoms with Crippen molar-refractivity contribution < 1.29 is 14.7 Å². The molecule has 1 aliphatic rings. The highest BCUT2D eigenvalue weighted by molar-refractivity contribution is 5.95. The lowest BCUT2D eigenvalue weighted by Gasteiger charge is -2.27. The number of pyridine rings is 1. The van der Waals surface area contributed by atoms with Gasteiger partial charge in [0.15, 0.2) is 0 Å². The van der Waals surface area contributed by atoms with Gasteiger partial charge in [0.05, 0.1) is 5.56 Å². The number of carboxylic acids is 1. The summed E-state index contributed by atoms with van der Waals surface area (Å²) in [5.41, 5.74) is 0.413. The highest BCUT2D eigenvalue weighted by Crippen LogP contribution is 2.25. The number of aromatic nitrogens is 1. The van der Waals surface area contributed by atoms with Crippen LogP contribution in [-0.4, -0.2) is 39.5 Å². The Balaban J connectivity index is 2.17. The molecule has 1 N–H and O–H groups in total. The summed E-state index contributed by atoms with van der Waals surface area (Å²) in [4.78, 5) is 28.8. The van der Waals surface area contributed by atoms with Gasteiger partial charge < -0.3 is 10.0 Å². The van der Waals surface area contributed by atoms with Crippen molar-refractivity contribution in [2.45, 2.75) is 32.7 Å². The molecule has 2 heterocycles. The summed E-state index contributed by atoms with van der Waals surface area (Å²) in [6.45, 7) is 4.99. The quantitative estimate of drug-likeness (QED) is 0.905. The van der Waals surface area contributed by atoms with Crippen molar-refractivity contribution in [2.75, 3.05) is 6.54 Å². The summed E-state index contributed by atoms with van der Waals surface area (Å²) >= 11 is 0. The number of hydrogen-bond acceptors (Lipinski definition) is 3. The van der Waals surface area contributed by atoms with E-state index in [0.29, 0.717) is 11.5 Å². The number of nitrogens with zero attached hydrogens (tertiary/aromatic N) is 2. The van der Waals surface area contributed by atoms with Gasteiger partial charge in [-0.05, 0) is 30.9 Å². The minimum atomic E-state index is -1.08. The van der Waals surface area contributed by atoms with E-state index in [1.54, 1.807) is 0 Å².